The van der Waals surface area contributed by atoms with Gasteiger partial charge in [-0.05, 0) is 55.3 Å². The number of amides is 2. The van der Waals surface area contributed by atoms with E-state index in [2.05, 4.69) is 5.32 Å². The number of aliphatic hydroxyl groups excluding tert-OH is 1. The van der Waals surface area contributed by atoms with Gasteiger partial charge in [0.1, 0.15) is 30.5 Å². The number of methoxy groups -OCH3 is 1. The number of hydrogen-bond donors (Lipinski definition) is 3. The van der Waals surface area contributed by atoms with Gasteiger partial charge in [0.05, 0.1) is 17.0 Å². The van der Waals surface area contributed by atoms with Gasteiger partial charge in [0.2, 0.25) is 11.8 Å². The molecule has 0 bridgehead atoms. The minimum atomic E-state index is -4.64. The molecule has 4 N–H and O–H groups in total. The topological polar surface area (TPSA) is 114 Å². The molecule has 0 aromatic heterocycles. The zero-order valence-corrected chi connectivity index (χ0v) is 22.8. The summed E-state index contributed by atoms with van der Waals surface area (Å²) in [7, 11) is 1.43. The summed E-state index contributed by atoms with van der Waals surface area (Å²) >= 11 is 5.98. The van der Waals surface area contributed by atoms with E-state index in [1.165, 1.54) is 60.7 Å². The first-order valence-electron chi connectivity index (χ1n) is 12.6. The predicted molar refractivity (Wildman–Crippen MR) is 143 cm³/mol. The predicted octanol–water partition coefficient (Wildman–Crippen LogP) is 4.62. The Morgan fingerprint density at radius 3 is 2.54 bits per heavy atom. The van der Waals surface area contributed by atoms with Crippen LogP contribution < -0.4 is 11.1 Å². The lowest BCUT2D eigenvalue weighted by atomic mass is 9.88. The summed E-state index contributed by atoms with van der Waals surface area (Å²) in [6.45, 7) is 0.929. The molecule has 2 aromatic rings. The number of fused-ring (bicyclic) bond motifs is 3. The number of carbonyl (C=O) groups excluding carboxylic acids is 2. The maximum Gasteiger partial charge on any atom is 0.395 e. The quantitative estimate of drug-likeness (QED) is 0.402. The number of carbonyl (C=O) groups is 2. The molecular formula is C28H28ClF4N3O5. The van der Waals surface area contributed by atoms with Gasteiger partial charge in [0, 0.05) is 42.1 Å². The van der Waals surface area contributed by atoms with Crippen LogP contribution in [-0.2, 0) is 20.7 Å². The number of nitrogens with one attached hydrogen (secondary N) is 1. The summed E-state index contributed by atoms with van der Waals surface area (Å²) < 4.78 is 67.6. The van der Waals surface area contributed by atoms with E-state index in [1.54, 1.807) is 6.92 Å². The second-order valence-electron chi connectivity index (χ2n) is 9.81. The van der Waals surface area contributed by atoms with Gasteiger partial charge in [-0.15, -0.1) is 0 Å². The lowest BCUT2D eigenvalue weighted by molar-refractivity contribution is -0.185. The first kappa shape index (κ1) is 30.4. The summed E-state index contributed by atoms with van der Waals surface area (Å²) in [5.41, 5.74) is 5.67. The molecule has 4 atom stereocenters. The van der Waals surface area contributed by atoms with Crippen molar-refractivity contribution in [2.24, 2.45) is 11.7 Å². The largest absolute Gasteiger partial charge is 0.491 e. The zero-order valence-electron chi connectivity index (χ0n) is 22.0. The SMILES string of the molecule is CO[C@@H](C)C[C@@H](C(=O)Nc1ccc(C(N)=O)cc1)N1C=C2OC[C@H](C(F)(F)F)Cc3ccc(Cl)c(F)c3C2=CC1O. The molecule has 0 saturated heterocycles. The van der Waals surface area contributed by atoms with Gasteiger partial charge in [0.25, 0.3) is 0 Å². The molecule has 220 valence electrons. The second-order valence-corrected chi connectivity index (χ2v) is 10.2. The van der Waals surface area contributed by atoms with E-state index >= 15 is 4.39 Å². The number of nitrogens with zero attached hydrogens (tertiary/aromatic N) is 1. The first-order valence-corrected chi connectivity index (χ1v) is 13.0. The molecule has 0 fully saturated rings. The number of anilines is 1. The Balaban J connectivity index is 1.73. The Morgan fingerprint density at radius 2 is 1.93 bits per heavy atom. The third-order valence-electron chi connectivity index (χ3n) is 7.03. The molecule has 0 aliphatic carbocycles. The number of ether oxygens (including phenoxy) is 2. The van der Waals surface area contributed by atoms with E-state index in [1.807, 2.05) is 0 Å². The van der Waals surface area contributed by atoms with Crippen LogP contribution in [0.2, 0.25) is 5.02 Å². The maximum absolute atomic E-state index is 15.3. The smallest absolute Gasteiger partial charge is 0.395 e. The van der Waals surface area contributed by atoms with Gasteiger partial charge in [0.15, 0.2) is 0 Å². The van der Waals surface area contributed by atoms with Crippen LogP contribution in [0.4, 0.5) is 23.2 Å². The van der Waals surface area contributed by atoms with Crippen molar-refractivity contribution >= 4 is 34.7 Å². The molecule has 2 aromatic carbocycles. The van der Waals surface area contributed by atoms with Crippen molar-refractivity contribution in [3.8, 4) is 0 Å². The van der Waals surface area contributed by atoms with Gasteiger partial charge in [-0.1, -0.05) is 17.7 Å². The van der Waals surface area contributed by atoms with Crippen molar-refractivity contribution in [3.63, 3.8) is 0 Å². The number of aliphatic hydroxyl groups is 1. The summed E-state index contributed by atoms with van der Waals surface area (Å²) in [6, 6.07) is 7.18. The number of benzene rings is 2. The summed E-state index contributed by atoms with van der Waals surface area (Å²) in [5.74, 6) is -4.30. The average molecular weight is 598 g/mol. The van der Waals surface area contributed by atoms with Crippen molar-refractivity contribution in [1.29, 1.82) is 0 Å². The Labute approximate surface area is 238 Å². The lowest BCUT2D eigenvalue weighted by Crippen LogP contribution is -2.49. The molecular weight excluding hydrogens is 570 g/mol. The second kappa shape index (κ2) is 12.1. The Hall–Kier alpha value is -3.61. The van der Waals surface area contributed by atoms with Gasteiger partial charge >= 0.3 is 6.18 Å². The summed E-state index contributed by atoms with van der Waals surface area (Å²) in [5, 5.41) is 13.5. The van der Waals surface area contributed by atoms with Crippen LogP contribution in [-0.4, -0.2) is 60.1 Å². The Kier molecular flexibility index (Phi) is 8.95. The minimum absolute atomic E-state index is 0.0189. The van der Waals surface area contributed by atoms with Crippen LogP contribution in [0.25, 0.3) is 5.57 Å². The molecule has 2 heterocycles. The monoisotopic (exact) mass is 597 g/mol. The minimum Gasteiger partial charge on any atom is -0.491 e. The van der Waals surface area contributed by atoms with Crippen molar-refractivity contribution in [2.75, 3.05) is 19.0 Å². The van der Waals surface area contributed by atoms with E-state index < -0.39 is 61.1 Å². The van der Waals surface area contributed by atoms with Gasteiger partial charge in [-0.25, -0.2) is 4.39 Å². The standard InChI is InChI=1S/C28H28ClF4N3O5/c1-14(40-2)9-21(27(39)35-18-6-3-15(4-7-18)26(34)38)36-12-22-19(11-23(36)37)24-16(5-8-20(29)25(24)30)10-17(13-41-22)28(31,32)33/h3-8,11-12,14,17,21,23,37H,9-10,13H2,1-2H3,(H2,34,38)(H,35,39)/t14-,17+,21-,23?/m0/s1. The zero-order chi connectivity index (χ0) is 30.1. The number of nitrogens with two attached hydrogens (primary N) is 1. The number of hydrogen-bond acceptors (Lipinski definition) is 6. The number of allylic oxidation sites excluding steroid dienone is 1. The van der Waals surface area contributed by atoms with Crippen molar-refractivity contribution in [3.05, 3.63) is 82.0 Å². The Bertz CT molecular complexity index is 1380. The van der Waals surface area contributed by atoms with Crippen LogP contribution in [0.3, 0.4) is 0 Å². The fraction of sp³-hybridized carbons (Fsp3) is 0.357. The highest BCUT2D eigenvalue weighted by Gasteiger charge is 2.43. The highest BCUT2D eigenvalue weighted by Crippen LogP contribution is 2.41. The first-order chi connectivity index (χ1) is 19.3. The molecule has 13 heteroatoms. The van der Waals surface area contributed by atoms with Gasteiger partial charge < -0.3 is 30.5 Å². The lowest BCUT2D eigenvalue weighted by Gasteiger charge is -2.38. The van der Waals surface area contributed by atoms with Gasteiger partial charge in [-0.3, -0.25) is 9.59 Å². The van der Waals surface area contributed by atoms with Crippen LogP contribution in [0, 0.1) is 11.7 Å². The molecule has 1 unspecified atom stereocenters. The highest BCUT2D eigenvalue weighted by atomic mass is 35.5. The van der Waals surface area contributed by atoms with Crippen molar-refractivity contribution in [2.45, 2.75) is 44.3 Å². The van der Waals surface area contributed by atoms with E-state index in [-0.39, 0.29) is 39.5 Å². The van der Waals surface area contributed by atoms with Crippen molar-refractivity contribution in [1.82, 2.24) is 4.90 Å². The van der Waals surface area contributed by atoms with Crippen LogP contribution in [0.5, 0.6) is 0 Å². The molecule has 41 heavy (non-hydrogen) atoms. The third-order valence-corrected chi connectivity index (χ3v) is 7.32. The molecule has 2 aliphatic rings. The fourth-order valence-electron chi connectivity index (χ4n) is 4.69. The summed E-state index contributed by atoms with van der Waals surface area (Å²) in [4.78, 5) is 26.0. The van der Waals surface area contributed by atoms with E-state index in [0.717, 1.165) is 0 Å². The third kappa shape index (κ3) is 6.66. The molecule has 2 aliphatic heterocycles. The number of halogens is 5. The van der Waals surface area contributed by atoms with E-state index in [9.17, 15) is 27.9 Å². The number of rotatable bonds is 7. The maximum atomic E-state index is 15.3. The fourth-order valence-corrected chi connectivity index (χ4v) is 4.85. The molecule has 0 spiro atoms. The van der Waals surface area contributed by atoms with Crippen molar-refractivity contribution < 1.29 is 41.7 Å². The number of primary amides is 1. The normalized spacial score (nSPS) is 20.2. The highest BCUT2D eigenvalue weighted by molar-refractivity contribution is 6.31. The van der Waals surface area contributed by atoms with E-state index in [0.29, 0.717) is 5.69 Å². The molecule has 4 rings (SSSR count). The molecule has 0 radical (unpaired) electrons. The molecule has 8 nitrogen and oxygen atoms in total. The molecule has 0 saturated carbocycles. The van der Waals surface area contributed by atoms with Crippen LogP contribution >= 0.6 is 11.6 Å². The Morgan fingerprint density at radius 1 is 1.24 bits per heavy atom. The summed E-state index contributed by atoms with van der Waals surface area (Å²) in [6.07, 6.45) is -4.71. The van der Waals surface area contributed by atoms with Crippen LogP contribution in [0.15, 0.2) is 54.4 Å². The molecule has 2 amide bonds. The number of alkyl halides is 3. The average Bonchev–Trinajstić information content (AvgIpc) is 2.90. The van der Waals surface area contributed by atoms with E-state index in [4.69, 9.17) is 26.8 Å². The van der Waals surface area contributed by atoms with Gasteiger partial charge in [-0.2, -0.15) is 13.2 Å². The van der Waals surface area contributed by atoms with Crippen LogP contribution in [0.1, 0.15) is 34.8 Å².